The van der Waals surface area contributed by atoms with Crippen LogP contribution in [0.1, 0.15) is 15.9 Å². The predicted octanol–water partition coefficient (Wildman–Crippen LogP) is 3.93. The minimum Gasteiger partial charge on any atom is -0.438 e. The largest absolute Gasteiger partial charge is 0.438 e. The molecule has 43 heavy (non-hydrogen) atoms. The number of halogens is 3. The van der Waals surface area contributed by atoms with Crippen LogP contribution in [0.5, 0.6) is 11.6 Å². The minimum absolute atomic E-state index is 0.0542. The number of alkyl halides is 3. The lowest BCUT2D eigenvalue weighted by Gasteiger charge is -2.26. The summed E-state index contributed by atoms with van der Waals surface area (Å²) in [5.74, 6) is 0.195. The Bertz CT molecular complexity index is 1750. The molecule has 0 bridgehead atoms. The number of fused-ring (bicyclic) bond motifs is 1. The average Bonchev–Trinajstić information content (AvgIpc) is 3.60. The molecule has 6 rings (SSSR count). The second-order valence-corrected chi connectivity index (χ2v) is 9.63. The van der Waals surface area contributed by atoms with Gasteiger partial charge in [-0.25, -0.2) is 14.6 Å². The van der Waals surface area contributed by atoms with Crippen molar-refractivity contribution >= 4 is 22.8 Å². The number of para-hydroxylation sites is 1. The molecule has 0 aliphatic carbocycles. The van der Waals surface area contributed by atoms with Gasteiger partial charge in [0.25, 0.3) is 5.91 Å². The van der Waals surface area contributed by atoms with Gasteiger partial charge in [-0.05, 0) is 46.7 Å². The number of nitrogen functional groups attached to an aromatic ring is 1. The van der Waals surface area contributed by atoms with Crippen LogP contribution in [-0.2, 0) is 10.9 Å². The zero-order valence-electron chi connectivity index (χ0n) is 22.5. The van der Waals surface area contributed by atoms with E-state index in [2.05, 4.69) is 30.5 Å². The Morgan fingerprint density at radius 2 is 1.84 bits per heavy atom. The number of nitrogens with two attached hydrogens (primary N) is 1. The summed E-state index contributed by atoms with van der Waals surface area (Å²) >= 11 is 0. The second kappa shape index (κ2) is 11.7. The molecule has 0 spiro atoms. The van der Waals surface area contributed by atoms with E-state index in [4.69, 9.17) is 19.8 Å². The SMILES string of the molecule is Nc1nonc1-c1nc2cnc(Oc3ccccc3C(=O)NCCN3CCOCC3)cc2n1-c1ccc(C(F)(F)F)cc1. The topological polar surface area (TPSA) is 146 Å². The van der Waals surface area contributed by atoms with Crippen LogP contribution in [0.25, 0.3) is 28.2 Å². The van der Waals surface area contributed by atoms with Crippen molar-refractivity contribution in [3.05, 3.63) is 71.9 Å². The van der Waals surface area contributed by atoms with Gasteiger partial charge in [0.15, 0.2) is 17.3 Å². The van der Waals surface area contributed by atoms with Gasteiger partial charge in [-0.15, -0.1) is 0 Å². The van der Waals surface area contributed by atoms with Crippen LogP contribution in [0.3, 0.4) is 0 Å². The highest BCUT2D eigenvalue weighted by molar-refractivity contribution is 5.97. The third kappa shape index (κ3) is 5.98. The Hall–Kier alpha value is -5.02. The van der Waals surface area contributed by atoms with Crippen molar-refractivity contribution in [3.8, 4) is 28.8 Å². The van der Waals surface area contributed by atoms with Gasteiger partial charge >= 0.3 is 6.18 Å². The maximum absolute atomic E-state index is 13.2. The number of anilines is 1. The van der Waals surface area contributed by atoms with E-state index in [1.54, 1.807) is 34.9 Å². The lowest BCUT2D eigenvalue weighted by atomic mass is 10.2. The summed E-state index contributed by atoms with van der Waals surface area (Å²) in [4.78, 5) is 24.1. The first-order valence-corrected chi connectivity index (χ1v) is 13.3. The molecule has 1 amide bonds. The fraction of sp³-hybridized carbons (Fsp3) is 0.250. The molecule has 5 aromatic rings. The maximum atomic E-state index is 13.2. The smallest absolute Gasteiger partial charge is 0.416 e. The van der Waals surface area contributed by atoms with Gasteiger partial charge in [0.05, 0.1) is 36.1 Å². The Balaban J connectivity index is 1.31. The highest BCUT2D eigenvalue weighted by Gasteiger charge is 2.30. The second-order valence-electron chi connectivity index (χ2n) is 9.63. The number of amides is 1. The number of carbonyl (C=O) groups excluding carboxylic acids is 1. The summed E-state index contributed by atoms with van der Waals surface area (Å²) in [6.07, 6.45) is -3.07. The molecule has 15 heteroatoms. The molecule has 0 atom stereocenters. The number of aromatic nitrogens is 5. The van der Waals surface area contributed by atoms with E-state index in [9.17, 15) is 18.0 Å². The maximum Gasteiger partial charge on any atom is 0.416 e. The van der Waals surface area contributed by atoms with Gasteiger partial charge in [-0.3, -0.25) is 14.3 Å². The number of nitrogens with one attached hydrogen (secondary N) is 1. The summed E-state index contributed by atoms with van der Waals surface area (Å²) in [5.41, 5.74) is 6.65. The van der Waals surface area contributed by atoms with Crippen molar-refractivity contribution in [2.24, 2.45) is 0 Å². The third-order valence-corrected chi connectivity index (χ3v) is 6.86. The molecule has 0 radical (unpaired) electrons. The number of nitrogens with zero attached hydrogens (tertiary/aromatic N) is 6. The van der Waals surface area contributed by atoms with Crippen LogP contribution in [0, 0.1) is 0 Å². The third-order valence-electron chi connectivity index (χ3n) is 6.86. The average molecular weight is 595 g/mol. The van der Waals surface area contributed by atoms with Crippen LogP contribution in [0.4, 0.5) is 19.0 Å². The van der Waals surface area contributed by atoms with Gasteiger partial charge in [0.1, 0.15) is 11.3 Å². The van der Waals surface area contributed by atoms with Gasteiger partial charge in [-0.2, -0.15) is 13.2 Å². The number of benzene rings is 2. The van der Waals surface area contributed by atoms with Crippen LogP contribution < -0.4 is 15.8 Å². The molecule has 1 aliphatic heterocycles. The summed E-state index contributed by atoms with van der Waals surface area (Å²) in [7, 11) is 0. The molecule has 12 nitrogen and oxygen atoms in total. The Labute approximate surface area is 242 Å². The quantitative estimate of drug-likeness (QED) is 0.271. The van der Waals surface area contributed by atoms with Gasteiger partial charge in [-0.1, -0.05) is 12.1 Å². The van der Waals surface area contributed by atoms with Gasteiger partial charge in [0.2, 0.25) is 5.88 Å². The van der Waals surface area contributed by atoms with Crippen molar-refractivity contribution in [1.82, 2.24) is 35.1 Å². The standard InChI is InChI=1S/C28H25F3N8O4/c29-28(30,31)17-5-7-18(8-6-17)39-21-15-23(34-16-20(21)35-26(39)24-25(32)37-43-36-24)42-22-4-2-1-3-19(22)27(40)33-9-10-38-11-13-41-14-12-38/h1-8,15-16H,9-14H2,(H2,32,37)(H,33,40). The van der Waals surface area contributed by atoms with Gasteiger partial charge < -0.3 is 20.5 Å². The van der Waals surface area contributed by atoms with Crippen molar-refractivity contribution in [2.45, 2.75) is 6.18 Å². The van der Waals surface area contributed by atoms with Crippen molar-refractivity contribution in [2.75, 3.05) is 45.1 Å². The molecule has 1 fully saturated rings. The van der Waals surface area contributed by atoms with E-state index in [1.807, 2.05) is 0 Å². The molecule has 1 saturated heterocycles. The Morgan fingerprint density at radius 1 is 1.07 bits per heavy atom. The van der Waals surface area contributed by atoms with Crippen molar-refractivity contribution < 1.29 is 32.1 Å². The summed E-state index contributed by atoms with van der Waals surface area (Å²) in [6.45, 7) is 4.11. The molecule has 0 unspecified atom stereocenters. The van der Waals surface area contributed by atoms with Crippen LogP contribution >= 0.6 is 0 Å². The Morgan fingerprint density at radius 3 is 2.56 bits per heavy atom. The molecular weight excluding hydrogens is 569 g/mol. The number of hydrogen-bond donors (Lipinski definition) is 2. The number of ether oxygens (including phenoxy) is 2. The highest BCUT2D eigenvalue weighted by atomic mass is 19.4. The number of morpholine rings is 1. The van der Waals surface area contributed by atoms with Gasteiger partial charge in [0, 0.05) is 37.9 Å². The summed E-state index contributed by atoms with van der Waals surface area (Å²) in [5, 5.41) is 10.3. The van der Waals surface area contributed by atoms with Crippen molar-refractivity contribution in [3.63, 3.8) is 0 Å². The highest BCUT2D eigenvalue weighted by Crippen LogP contribution is 2.34. The fourth-order valence-corrected chi connectivity index (χ4v) is 4.69. The number of rotatable bonds is 8. The zero-order chi connectivity index (χ0) is 30.0. The van der Waals surface area contributed by atoms with Crippen molar-refractivity contribution in [1.29, 1.82) is 0 Å². The minimum atomic E-state index is -4.51. The summed E-state index contributed by atoms with van der Waals surface area (Å²) in [6, 6.07) is 12.8. The molecule has 3 aromatic heterocycles. The van der Waals surface area contributed by atoms with Crippen LogP contribution in [-0.4, -0.2) is 75.0 Å². The van der Waals surface area contributed by atoms with E-state index in [-0.39, 0.29) is 34.9 Å². The van der Waals surface area contributed by atoms with Crippen LogP contribution in [0.2, 0.25) is 0 Å². The molecule has 1 aliphatic rings. The number of pyridine rings is 1. The molecule has 222 valence electrons. The lowest BCUT2D eigenvalue weighted by molar-refractivity contribution is -0.137. The molecule has 0 saturated carbocycles. The number of hydrogen-bond acceptors (Lipinski definition) is 10. The van der Waals surface area contributed by atoms with E-state index >= 15 is 0 Å². The summed E-state index contributed by atoms with van der Waals surface area (Å²) < 4.78 is 57.4. The first-order valence-electron chi connectivity index (χ1n) is 13.3. The fourth-order valence-electron chi connectivity index (χ4n) is 4.69. The normalized spacial score (nSPS) is 14.2. The molecular formula is C28H25F3N8O4. The molecule has 4 heterocycles. The van der Waals surface area contributed by atoms with E-state index in [0.29, 0.717) is 48.6 Å². The van der Waals surface area contributed by atoms with Crippen LogP contribution in [0.15, 0.2) is 65.4 Å². The number of carbonyl (C=O) groups is 1. The van der Waals surface area contributed by atoms with E-state index in [0.717, 1.165) is 25.2 Å². The zero-order valence-corrected chi connectivity index (χ0v) is 22.5. The van der Waals surface area contributed by atoms with E-state index < -0.39 is 11.7 Å². The monoisotopic (exact) mass is 594 g/mol. The number of imidazole rings is 1. The molecule has 2 aromatic carbocycles. The first-order chi connectivity index (χ1) is 20.8. The predicted molar refractivity (Wildman–Crippen MR) is 148 cm³/mol. The molecule has 3 N–H and O–H groups in total. The van der Waals surface area contributed by atoms with E-state index in [1.165, 1.54) is 18.3 Å². The lowest BCUT2D eigenvalue weighted by Crippen LogP contribution is -2.41. The Kier molecular flexibility index (Phi) is 7.65. The first kappa shape index (κ1) is 28.1.